The highest BCUT2D eigenvalue weighted by molar-refractivity contribution is 5.78. The lowest BCUT2D eigenvalue weighted by Crippen LogP contribution is -2.12. The van der Waals surface area contributed by atoms with Gasteiger partial charge in [-0.05, 0) is 51.0 Å². The lowest BCUT2D eigenvalue weighted by molar-refractivity contribution is 0.801. The predicted octanol–water partition coefficient (Wildman–Crippen LogP) is 4.42. The van der Waals surface area contributed by atoms with E-state index in [4.69, 9.17) is 5.41 Å². The Morgan fingerprint density at radius 1 is 0.840 bits per heavy atom. The fourth-order valence-electron chi connectivity index (χ4n) is 2.24. The monoisotopic (exact) mass is 337 g/mol. The summed E-state index contributed by atoms with van der Waals surface area (Å²) >= 11 is 0. The molecule has 0 fully saturated rings. The molecule has 25 heavy (non-hydrogen) atoms. The molecule has 0 aromatic heterocycles. The number of rotatable bonds is 4. The Morgan fingerprint density at radius 2 is 1.20 bits per heavy atom. The number of hydrogen-bond acceptors (Lipinski definition) is 3. The normalized spacial score (nSPS) is 10.6. The summed E-state index contributed by atoms with van der Waals surface area (Å²) in [4.78, 5) is 10.9. The van der Waals surface area contributed by atoms with E-state index in [0.29, 0.717) is 0 Å². The van der Waals surface area contributed by atoms with Gasteiger partial charge in [0.05, 0.1) is 30.4 Å². The Hall–Kier alpha value is -2.95. The molecule has 0 heterocycles. The molecule has 0 atom stereocenters. The standard InChI is InChI=1S/C19H23N3.CH4N2/c1-14-6-8-18(16(3)10-14)20-12-22(5)13-21-19-9-7-15(2)11-17(19)4;2-1-3/h6-13H,1-5H3;1H,(H3,2,3)/b20-12+,21-13+;. The Labute approximate surface area is 150 Å². The van der Waals surface area contributed by atoms with Crippen LogP contribution in [0.15, 0.2) is 46.4 Å². The maximum atomic E-state index is 5.86. The van der Waals surface area contributed by atoms with E-state index in [0.717, 1.165) is 17.7 Å². The van der Waals surface area contributed by atoms with Crippen LogP contribution in [0.3, 0.4) is 0 Å². The summed E-state index contributed by atoms with van der Waals surface area (Å²) in [6.45, 7) is 8.32. The molecular weight excluding hydrogens is 310 g/mol. The molecule has 3 N–H and O–H groups in total. The van der Waals surface area contributed by atoms with Crippen molar-refractivity contribution in [2.24, 2.45) is 15.7 Å². The number of nitrogens with zero attached hydrogens (tertiary/aromatic N) is 3. The van der Waals surface area contributed by atoms with Gasteiger partial charge in [0.2, 0.25) is 0 Å². The fraction of sp³-hybridized carbons (Fsp3) is 0.250. The largest absolute Gasteiger partial charge is 0.390 e. The second-order valence-electron chi connectivity index (χ2n) is 5.90. The van der Waals surface area contributed by atoms with Crippen molar-refractivity contribution in [1.82, 2.24) is 4.90 Å². The van der Waals surface area contributed by atoms with Crippen LogP contribution >= 0.6 is 0 Å². The van der Waals surface area contributed by atoms with Crippen molar-refractivity contribution in [2.45, 2.75) is 27.7 Å². The number of nitrogens with one attached hydrogen (secondary N) is 1. The van der Waals surface area contributed by atoms with Gasteiger partial charge in [0.15, 0.2) is 0 Å². The number of hydrogen-bond donors (Lipinski definition) is 2. The molecule has 0 saturated heterocycles. The second-order valence-corrected chi connectivity index (χ2v) is 5.90. The van der Waals surface area contributed by atoms with Crippen LogP contribution in [0.1, 0.15) is 22.3 Å². The minimum Gasteiger partial charge on any atom is -0.390 e. The minimum atomic E-state index is 0.750. The molecule has 0 unspecified atom stereocenters. The summed E-state index contributed by atoms with van der Waals surface area (Å²) in [5.41, 5.74) is 11.2. The Morgan fingerprint density at radius 3 is 1.52 bits per heavy atom. The first-order valence-corrected chi connectivity index (χ1v) is 8.03. The van der Waals surface area contributed by atoms with E-state index in [1.807, 2.05) is 24.1 Å². The predicted molar refractivity (Wildman–Crippen MR) is 109 cm³/mol. The molecule has 0 aliphatic rings. The topological polar surface area (TPSA) is 77.8 Å². The smallest absolute Gasteiger partial charge is 0.0961 e. The Kier molecular flexibility index (Phi) is 8.06. The molecule has 0 aliphatic carbocycles. The van der Waals surface area contributed by atoms with Crippen LogP contribution in [0.4, 0.5) is 11.4 Å². The van der Waals surface area contributed by atoms with Crippen LogP contribution in [0.2, 0.25) is 0 Å². The zero-order valence-electron chi connectivity index (χ0n) is 15.6. The highest BCUT2D eigenvalue weighted by Gasteiger charge is 1.97. The van der Waals surface area contributed by atoms with Gasteiger partial charge in [-0.2, -0.15) is 0 Å². The van der Waals surface area contributed by atoms with Crippen molar-refractivity contribution in [3.63, 3.8) is 0 Å². The molecule has 0 spiro atoms. The van der Waals surface area contributed by atoms with Crippen LogP contribution in [0, 0.1) is 33.1 Å². The van der Waals surface area contributed by atoms with Gasteiger partial charge in [0.25, 0.3) is 0 Å². The number of aryl methyl sites for hydroxylation is 4. The second kappa shape index (κ2) is 10.0. The number of nitrogens with two attached hydrogens (primary N) is 1. The maximum absolute atomic E-state index is 5.86. The first-order chi connectivity index (χ1) is 11.9. The molecule has 2 aromatic rings. The van der Waals surface area contributed by atoms with Crippen molar-refractivity contribution >= 4 is 30.4 Å². The van der Waals surface area contributed by atoms with Crippen molar-refractivity contribution < 1.29 is 0 Å². The molecule has 132 valence electrons. The van der Waals surface area contributed by atoms with Crippen LogP contribution < -0.4 is 5.73 Å². The highest BCUT2D eigenvalue weighted by atomic mass is 15.1. The van der Waals surface area contributed by atoms with Gasteiger partial charge in [0.1, 0.15) is 0 Å². The van der Waals surface area contributed by atoms with Gasteiger partial charge in [-0.25, -0.2) is 9.98 Å². The minimum absolute atomic E-state index is 0.750. The van der Waals surface area contributed by atoms with Crippen molar-refractivity contribution in [2.75, 3.05) is 7.05 Å². The fourth-order valence-corrected chi connectivity index (χ4v) is 2.24. The van der Waals surface area contributed by atoms with E-state index in [-0.39, 0.29) is 0 Å². The molecule has 0 bridgehead atoms. The van der Waals surface area contributed by atoms with Crippen molar-refractivity contribution in [1.29, 1.82) is 5.41 Å². The van der Waals surface area contributed by atoms with E-state index < -0.39 is 0 Å². The van der Waals surface area contributed by atoms with Gasteiger partial charge in [-0.15, -0.1) is 0 Å². The average molecular weight is 337 g/mol. The van der Waals surface area contributed by atoms with Gasteiger partial charge < -0.3 is 10.6 Å². The van der Waals surface area contributed by atoms with Crippen molar-refractivity contribution in [3.8, 4) is 0 Å². The molecule has 0 amide bonds. The van der Waals surface area contributed by atoms with Crippen LogP contribution in [0.5, 0.6) is 0 Å². The Balaban J connectivity index is 0.000000970. The van der Waals surface area contributed by atoms with Gasteiger partial charge in [-0.1, -0.05) is 35.4 Å². The molecule has 0 aliphatic heterocycles. The highest BCUT2D eigenvalue weighted by Crippen LogP contribution is 2.20. The molecule has 0 radical (unpaired) electrons. The van der Waals surface area contributed by atoms with E-state index in [1.54, 1.807) is 12.7 Å². The quantitative estimate of drug-likeness (QED) is 0.639. The van der Waals surface area contributed by atoms with Crippen LogP contribution in [0.25, 0.3) is 0 Å². The van der Waals surface area contributed by atoms with Crippen LogP contribution in [-0.4, -0.2) is 31.0 Å². The first kappa shape index (κ1) is 20.1. The average Bonchev–Trinajstić information content (AvgIpc) is 2.54. The summed E-state index contributed by atoms with van der Waals surface area (Å²) in [5.74, 6) is 0. The van der Waals surface area contributed by atoms with E-state index in [9.17, 15) is 0 Å². The van der Waals surface area contributed by atoms with E-state index >= 15 is 0 Å². The van der Waals surface area contributed by atoms with E-state index in [2.05, 4.69) is 67.7 Å². The SMILES string of the molecule is Cc1ccc(/N=C/N(C)/C=N/c2ccc(C)cc2C)c(C)c1.N=CN. The summed E-state index contributed by atoms with van der Waals surface area (Å²) in [7, 11) is 1.93. The van der Waals surface area contributed by atoms with Gasteiger partial charge >= 0.3 is 0 Å². The third-order valence-electron chi connectivity index (χ3n) is 3.46. The summed E-state index contributed by atoms with van der Waals surface area (Å²) in [5, 5.41) is 5.86. The lowest BCUT2D eigenvalue weighted by atomic mass is 10.1. The maximum Gasteiger partial charge on any atom is 0.0961 e. The molecule has 0 saturated carbocycles. The number of aliphatic imine (C=N–C) groups is 2. The number of benzene rings is 2. The third kappa shape index (κ3) is 6.99. The summed E-state index contributed by atoms with van der Waals surface area (Å²) in [6, 6.07) is 12.5. The van der Waals surface area contributed by atoms with Gasteiger partial charge in [-0.3, -0.25) is 5.41 Å². The molecular formula is C20H27N5. The Bertz CT molecular complexity index is 701. The lowest BCUT2D eigenvalue weighted by Gasteiger charge is -2.07. The van der Waals surface area contributed by atoms with E-state index in [1.165, 1.54) is 22.3 Å². The molecule has 5 nitrogen and oxygen atoms in total. The van der Waals surface area contributed by atoms with Crippen molar-refractivity contribution in [3.05, 3.63) is 58.7 Å². The molecule has 2 aromatic carbocycles. The zero-order chi connectivity index (χ0) is 18.8. The zero-order valence-corrected chi connectivity index (χ0v) is 15.6. The first-order valence-electron chi connectivity index (χ1n) is 8.03. The molecule has 2 rings (SSSR count). The van der Waals surface area contributed by atoms with Crippen LogP contribution in [-0.2, 0) is 0 Å². The summed E-state index contributed by atoms with van der Waals surface area (Å²) in [6.07, 6.45) is 4.31. The molecule has 5 heteroatoms. The summed E-state index contributed by atoms with van der Waals surface area (Å²) < 4.78 is 0. The third-order valence-corrected chi connectivity index (χ3v) is 3.46. The van der Waals surface area contributed by atoms with Gasteiger partial charge in [0, 0.05) is 7.05 Å².